The second-order valence-electron chi connectivity index (χ2n) is 5.35. The van der Waals surface area contributed by atoms with Gasteiger partial charge in [-0.3, -0.25) is 4.99 Å². The first kappa shape index (κ1) is 17.4. The number of ether oxygens (including phenoxy) is 2. The Kier molecular flexibility index (Phi) is 7.00. The number of methoxy groups -OCH3 is 1. The Morgan fingerprint density at radius 1 is 1.26 bits per heavy atom. The van der Waals surface area contributed by atoms with Crippen LogP contribution in [0.2, 0.25) is 0 Å². The zero-order valence-electron chi connectivity index (χ0n) is 14.4. The van der Waals surface area contributed by atoms with Gasteiger partial charge in [-0.15, -0.1) is 0 Å². The van der Waals surface area contributed by atoms with Crippen LogP contribution < -0.4 is 15.0 Å². The molecule has 1 aliphatic heterocycles. The number of benzene rings is 1. The molecule has 1 fully saturated rings. The Balaban J connectivity index is 1.84. The predicted octanol–water partition coefficient (Wildman–Crippen LogP) is 1.43. The van der Waals surface area contributed by atoms with E-state index in [4.69, 9.17) is 9.47 Å². The number of anilines is 1. The van der Waals surface area contributed by atoms with Crippen molar-refractivity contribution >= 4 is 11.6 Å². The van der Waals surface area contributed by atoms with Gasteiger partial charge in [0, 0.05) is 58.1 Å². The highest BCUT2D eigenvalue weighted by molar-refractivity contribution is 5.80. The molecule has 6 nitrogen and oxygen atoms in total. The van der Waals surface area contributed by atoms with Crippen molar-refractivity contribution in [2.45, 2.75) is 6.92 Å². The highest BCUT2D eigenvalue weighted by atomic mass is 16.5. The van der Waals surface area contributed by atoms with E-state index in [-0.39, 0.29) is 0 Å². The van der Waals surface area contributed by atoms with Crippen molar-refractivity contribution in [2.75, 3.05) is 65.0 Å². The molecule has 0 saturated carbocycles. The molecule has 1 aromatic rings. The topological polar surface area (TPSA) is 49.3 Å². The predicted molar refractivity (Wildman–Crippen MR) is 94.6 cm³/mol. The molecule has 2 rings (SSSR count). The Hall–Kier alpha value is -1.95. The highest BCUT2D eigenvalue weighted by Gasteiger charge is 2.19. The lowest BCUT2D eigenvalue weighted by Crippen LogP contribution is -2.53. The molecule has 0 bridgehead atoms. The van der Waals surface area contributed by atoms with Gasteiger partial charge < -0.3 is 24.6 Å². The maximum Gasteiger partial charge on any atom is 0.193 e. The van der Waals surface area contributed by atoms with Crippen molar-refractivity contribution in [1.82, 2.24) is 10.2 Å². The third kappa shape index (κ3) is 5.03. The molecule has 1 saturated heterocycles. The van der Waals surface area contributed by atoms with Crippen LogP contribution in [0.25, 0.3) is 0 Å². The summed E-state index contributed by atoms with van der Waals surface area (Å²) in [6.45, 7) is 8.09. The first-order valence-electron chi connectivity index (χ1n) is 8.20. The summed E-state index contributed by atoms with van der Waals surface area (Å²) in [5.41, 5.74) is 1.21. The maximum absolute atomic E-state index is 5.36. The molecule has 6 heteroatoms. The lowest BCUT2D eigenvalue weighted by atomic mass is 10.2. The second kappa shape index (κ2) is 9.25. The lowest BCUT2D eigenvalue weighted by molar-refractivity contribution is 0.151. The molecule has 1 N–H and O–H groups in total. The monoisotopic (exact) mass is 320 g/mol. The molecule has 1 heterocycles. The van der Waals surface area contributed by atoms with E-state index in [1.165, 1.54) is 5.69 Å². The van der Waals surface area contributed by atoms with Crippen molar-refractivity contribution in [3.63, 3.8) is 0 Å². The fourth-order valence-electron chi connectivity index (χ4n) is 2.70. The number of nitrogens with zero attached hydrogens (tertiary/aromatic N) is 3. The van der Waals surface area contributed by atoms with E-state index in [9.17, 15) is 0 Å². The maximum atomic E-state index is 5.36. The number of guanidine groups is 1. The van der Waals surface area contributed by atoms with Crippen LogP contribution in [0.15, 0.2) is 29.3 Å². The van der Waals surface area contributed by atoms with Crippen molar-refractivity contribution < 1.29 is 9.47 Å². The summed E-state index contributed by atoms with van der Waals surface area (Å²) in [6, 6.07) is 8.23. The molecular formula is C17H28N4O2. The van der Waals surface area contributed by atoms with Gasteiger partial charge in [-0.2, -0.15) is 0 Å². The summed E-state index contributed by atoms with van der Waals surface area (Å²) in [7, 11) is 3.53. The average molecular weight is 320 g/mol. The van der Waals surface area contributed by atoms with Gasteiger partial charge >= 0.3 is 0 Å². The van der Waals surface area contributed by atoms with Gasteiger partial charge in [-0.1, -0.05) is 6.07 Å². The molecule has 0 spiro atoms. The number of rotatable bonds is 6. The van der Waals surface area contributed by atoms with Crippen LogP contribution in [-0.4, -0.2) is 71.0 Å². The molecular weight excluding hydrogens is 292 g/mol. The summed E-state index contributed by atoms with van der Waals surface area (Å²) in [5, 5.41) is 3.36. The summed E-state index contributed by atoms with van der Waals surface area (Å²) in [4.78, 5) is 9.05. The molecule has 0 unspecified atom stereocenters. The molecule has 0 amide bonds. The summed E-state index contributed by atoms with van der Waals surface area (Å²) in [5.74, 6) is 1.85. The van der Waals surface area contributed by atoms with E-state index in [0.29, 0.717) is 6.61 Å². The van der Waals surface area contributed by atoms with Gasteiger partial charge in [0.05, 0.1) is 13.7 Å². The average Bonchev–Trinajstić information content (AvgIpc) is 2.62. The standard InChI is InChI=1S/C17H28N4O2/c1-4-23-13-8-19-17(18-2)21-11-9-20(10-12-21)15-6-5-7-16(14-15)22-3/h5-7,14H,4,8-13H2,1-3H3,(H,18,19). The second-order valence-corrected chi connectivity index (χ2v) is 5.35. The number of piperazine rings is 1. The first-order chi connectivity index (χ1) is 11.3. The number of hydrogen-bond acceptors (Lipinski definition) is 4. The van der Waals surface area contributed by atoms with E-state index < -0.39 is 0 Å². The van der Waals surface area contributed by atoms with E-state index in [0.717, 1.165) is 51.0 Å². The minimum absolute atomic E-state index is 0.708. The van der Waals surface area contributed by atoms with Gasteiger partial charge in [-0.25, -0.2) is 0 Å². The van der Waals surface area contributed by atoms with Gasteiger partial charge in [0.2, 0.25) is 0 Å². The van der Waals surface area contributed by atoms with Crippen molar-refractivity contribution in [1.29, 1.82) is 0 Å². The molecule has 0 atom stereocenters. The van der Waals surface area contributed by atoms with Crippen LogP contribution in [0.5, 0.6) is 5.75 Å². The van der Waals surface area contributed by atoms with E-state index >= 15 is 0 Å². The van der Waals surface area contributed by atoms with Gasteiger partial charge in [0.1, 0.15) is 5.75 Å². The van der Waals surface area contributed by atoms with Crippen molar-refractivity contribution in [3.05, 3.63) is 24.3 Å². The lowest BCUT2D eigenvalue weighted by Gasteiger charge is -2.37. The summed E-state index contributed by atoms with van der Waals surface area (Å²) >= 11 is 0. The number of hydrogen-bond donors (Lipinski definition) is 1. The molecule has 23 heavy (non-hydrogen) atoms. The summed E-state index contributed by atoms with van der Waals surface area (Å²) in [6.07, 6.45) is 0. The quantitative estimate of drug-likeness (QED) is 0.488. The van der Waals surface area contributed by atoms with E-state index in [2.05, 4.69) is 32.2 Å². The minimum atomic E-state index is 0.708. The normalized spacial score (nSPS) is 15.7. The molecule has 1 aliphatic rings. The van der Waals surface area contributed by atoms with Gasteiger partial charge in [0.25, 0.3) is 0 Å². The molecule has 0 radical (unpaired) electrons. The van der Waals surface area contributed by atoms with Crippen LogP contribution >= 0.6 is 0 Å². The fraction of sp³-hybridized carbons (Fsp3) is 0.588. The minimum Gasteiger partial charge on any atom is -0.497 e. The largest absolute Gasteiger partial charge is 0.497 e. The van der Waals surface area contributed by atoms with E-state index in [1.54, 1.807) is 7.11 Å². The Labute approximate surface area is 139 Å². The Bertz CT molecular complexity index is 499. The fourth-order valence-corrected chi connectivity index (χ4v) is 2.70. The Morgan fingerprint density at radius 3 is 2.70 bits per heavy atom. The van der Waals surface area contributed by atoms with E-state index in [1.807, 2.05) is 26.1 Å². The molecule has 0 aromatic heterocycles. The molecule has 0 aliphatic carbocycles. The van der Waals surface area contributed by atoms with Crippen LogP contribution in [-0.2, 0) is 4.74 Å². The number of aliphatic imine (C=N–C) groups is 1. The van der Waals surface area contributed by atoms with Crippen LogP contribution in [0.1, 0.15) is 6.92 Å². The smallest absolute Gasteiger partial charge is 0.193 e. The first-order valence-corrected chi connectivity index (χ1v) is 8.20. The van der Waals surface area contributed by atoms with Crippen LogP contribution in [0.3, 0.4) is 0 Å². The highest BCUT2D eigenvalue weighted by Crippen LogP contribution is 2.22. The van der Waals surface area contributed by atoms with Gasteiger partial charge in [0.15, 0.2) is 5.96 Å². The van der Waals surface area contributed by atoms with Gasteiger partial charge in [-0.05, 0) is 19.1 Å². The van der Waals surface area contributed by atoms with Crippen molar-refractivity contribution in [2.24, 2.45) is 4.99 Å². The zero-order chi connectivity index (χ0) is 16.5. The van der Waals surface area contributed by atoms with Crippen LogP contribution in [0, 0.1) is 0 Å². The van der Waals surface area contributed by atoms with Crippen molar-refractivity contribution in [3.8, 4) is 5.75 Å². The Morgan fingerprint density at radius 2 is 2.04 bits per heavy atom. The molecule has 128 valence electrons. The number of nitrogens with one attached hydrogen (secondary N) is 1. The third-order valence-corrected chi connectivity index (χ3v) is 3.94. The third-order valence-electron chi connectivity index (χ3n) is 3.94. The SMILES string of the molecule is CCOCCNC(=NC)N1CCN(c2cccc(OC)c2)CC1. The zero-order valence-corrected chi connectivity index (χ0v) is 14.4. The molecule has 1 aromatic carbocycles. The van der Waals surface area contributed by atoms with Crippen LogP contribution in [0.4, 0.5) is 5.69 Å². The summed E-state index contributed by atoms with van der Waals surface area (Å²) < 4.78 is 10.7.